The first-order valence-corrected chi connectivity index (χ1v) is 7.49. The van der Waals surface area contributed by atoms with E-state index in [9.17, 15) is 0 Å². The quantitative estimate of drug-likeness (QED) is 0.862. The molecule has 4 nitrogen and oxygen atoms in total. The maximum atomic E-state index is 4.31. The molecule has 5 heteroatoms. The van der Waals surface area contributed by atoms with Crippen molar-refractivity contribution in [1.29, 1.82) is 0 Å². The minimum Gasteiger partial charge on any atom is -0.369 e. The highest BCUT2D eigenvalue weighted by Crippen LogP contribution is 2.29. The maximum Gasteiger partial charge on any atom is 0.146 e. The van der Waals surface area contributed by atoms with Crippen molar-refractivity contribution in [3.8, 4) is 0 Å². The molecular weight excluding hydrogens is 316 g/mol. The smallest absolute Gasteiger partial charge is 0.146 e. The average Bonchev–Trinajstić information content (AvgIpc) is 2.44. The number of nitrogens with zero attached hydrogens (tertiary/aromatic N) is 2. The second kappa shape index (κ2) is 6.70. The van der Waals surface area contributed by atoms with Gasteiger partial charge in [-0.3, -0.25) is 0 Å². The number of anilines is 2. The van der Waals surface area contributed by atoms with Crippen LogP contribution in [-0.4, -0.2) is 16.5 Å². The monoisotopic (exact) mass is 334 g/mol. The molecule has 1 aromatic heterocycles. The Morgan fingerprint density at radius 1 is 1.20 bits per heavy atom. The molecule has 1 unspecified atom stereocenters. The molecule has 0 fully saturated rings. The Kier molecular flexibility index (Phi) is 4.95. The summed E-state index contributed by atoms with van der Waals surface area (Å²) in [4.78, 5) is 8.52. The molecule has 106 valence electrons. The largest absolute Gasteiger partial charge is 0.369 e. The summed E-state index contributed by atoms with van der Waals surface area (Å²) in [6.07, 6.45) is 1.57. The fraction of sp³-hybridized carbons (Fsp3) is 0.333. The first kappa shape index (κ1) is 14.8. The Bertz CT molecular complexity index is 586. The fourth-order valence-corrected chi connectivity index (χ4v) is 2.58. The van der Waals surface area contributed by atoms with Gasteiger partial charge in [-0.2, -0.15) is 0 Å². The second-order valence-corrected chi connectivity index (χ2v) is 5.43. The molecule has 1 aromatic carbocycles. The van der Waals surface area contributed by atoms with Crippen molar-refractivity contribution < 1.29 is 0 Å². The van der Waals surface area contributed by atoms with E-state index in [0.29, 0.717) is 0 Å². The van der Waals surface area contributed by atoms with E-state index in [0.717, 1.165) is 22.7 Å². The van der Waals surface area contributed by atoms with Crippen molar-refractivity contribution in [2.24, 2.45) is 0 Å². The molecule has 2 rings (SSSR count). The number of aryl methyl sites for hydroxylation is 1. The van der Waals surface area contributed by atoms with E-state index in [1.165, 1.54) is 11.1 Å². The molecule has 0 aliphatic rings. The van der Waals surface area contributed by atoms with E-state index in [-0.39, 0.29) is 6.04 Å². The summed E-state index contributed by atoms with van der Waals surface area (Å²) >= 11 is 3.55. The number of aromatic nitrogens is 2. The summed E-state index contributed by atoms with van der Waals surface area (Å²) in [6, 6.07) is 8.53. The molecule has 0 aliphatic heterocycles. The molecule has 1 atom stereocenters. The molecule has 1 heterocycles. The third kappa shape index (κ3) is 3.28. The van der Waals surface area contributed by atoms with Crippen molar-refractivity contribution in [2.45, 2.75) is 26.8 Å². The molecule has 2 N–H and O–H groups in total. The summed E-state index contributed by atoms with van der Waals surface area (Å²) < 4.78 is 0.863. The van der Waals surface area contributed by atoms with Crippen molar-refractivity contribution in [2.75, 3.05) is 17.2 Å². The molecule has 0 radical (unpaired) electrons. The van der Waals surface area contributed by atoms with Gasteiger partial charge in [-0.05, 0) is 47.8 Å². The highest BCUT2D eigenvalue weighted by atomic mass is 79.9. The van der Waals surface area contributed by atoms with Gasteiger partial charge in [0, 0.05) is 6.54 Å². The van der Waals surface area contributed by atoms with Crippen LogP contribution < -0.4 is 10.6 Å². The fourth-order valence-electron chi connectivity index (χ4n) is 2.12. The van der Waals surface area contributed by atoms with Crippen LogP contribution in [0, 0.1) is 6.92 Å². The van der Waals surface area contributed by atoms with Crippen LogP contribution in [0.15, 0.2) is 35.1 Å². The Morgan fingerprint density at radius 3 is 2.60 bits per heavy atom. The lowest BCUT2D eigenvalue weighted by Gasteiger charge is -2.18. The summed E-state index contributed by atoms with van der Waals surface area (Å²) in [5, 5.41) is 6.63. The standard InChI is InChI=1S/C15H19BrN4/c1-4-17-14-13(16)15(19-9-18-14)20-11(3)12-8-6-5-7-10(12)2/h5-9,11H,4H2,1-3H3,(H2,17,18,19,20). The summed E-state index contributed by atoms with van der Waals surface area (Å²) in [5.74, 6) is 1.61. The molecule has 0 saturated heterocycles. The lowest BCUT2D eigenvalue weighted by atomic mass is 10.0. The van der Waals surface area contributed by atoms with Crippen LogP contribution >= 0.6 is 15.9 Å². The molecule has 0 amide bonds. The van der Waals surface area contributed by atoms with Crippen molar-refractivity contribution in [1.82, 2.24) is 9.97 Å². The number of benzene rings is 1. The third-order valence-corrected chi connectivity index (χ3v) is 3.89. The molecule has 0 bridgehead atoms. The van der Waals surface area contributed by atoms with Gasteiger partial charge in [0.15, 0.2) is 0 Å². The SMILES string of the molecule is CCNc1ncnc(NC(C)c2ccccc2C)c1Br. The summed E-state index contributed by atoms with van der Waals surface area (Å²) in [5.41, 5.74) is 2.53. The number of nitrogens with one attached hydrogen (secondary N) is 2. The predicted octanol–water partition coefficient (Wildman–Crippen LogP) is 4.15. The highest BCUT2D eigenvalue weighted by molar-refractivity contribution is 9.10. The first-order valence-electron chi connectivity index (χ1n) is 6.70. The van der Waals surface area contributed by atoms with Gasteiger partial charge in [0.25, 0.3) is 0 Å². The third-order valence-electron chi connectivity index (χ3n) is 3.14. The zero-order valence-electron chi connectivity index (χ0n) is 11.9. The predicted molar refractivity (Wildman–Crippen MR) is 87.1 cm³/mol. The van der Waals surface area contributed by atoms with Crippen LogP contribution in [0.1, 0.15) is 31.0 Å². The molecule has 2 aromatic rings. The van der Waals surface area contributed by atoms with Crippen LogP contribution in [0.4, 0.5) is 11.6 Å². The first-order chi connectivity index (χ1) is 9.63. The van der Waals surface area contributed by atoms with Gasteiger partial charge in [-0.1, -0.05) is 24.3 Å². The van der Waals surface area contributed by atoms with Gasteiger partial charge >= 0.3 is 0 Å². The Labute approximate surface area is 128 Å². The van der Waals surface area contributed by atoms with Gasteiger partial charge in [0.2, 0.25) is 0 Å². The summed E-state index contributed by atoms with van der Waals surface area (Å²) in [7, 11) is 0. The second-order valence-electron chi connectivity index (χ2n) is 4.64. The van der Waals surface area contributed by atoms with Crippen LogP contribution in [-0.2, 0) is 0 Å². The normalized spacial score (nSPS) is 12.0. The van der Waals surface area contributed by atoms with Crippen LogP contribution in [0.5, 0.6) is 0 Å². The lowest BCUT2D eigenvalue weighted by molar-refractivity contribution is 0.860. The number of halogens is 1. The summed E-state index contributed by atoms with van der Waals surface area (Å²) in [6.45, 7) is 7.11. The molecule has 0 saturated carbocycles. The van der Waals surface area contributed by atoms with Gasteiger partial charge in [0.05, 0.1) is 6.04 Å². The maximum absolute atomic E-state index is 4.31. The molecule has 0 aliphatic carbocycles. The van der Waals surface area contributed by atoms with Crippen molar-refractivity contribution in [3.63, 3.8) is 0 Å². The number of hydrogen-bond acceptors (Lipinski definition) is 4. The number of hydrogen-bond donors (Lipinski definition) is 2. The van der Waals surface area contributed by atoms with Crippen LogP contribution in [0.2, 0.25) is 0 Å². The zero-order chi connectivity index (χ0) is 14.5. The van der Waals surface area contributed by atoms with E-state index in [2.05, 4.69) is 74.6 Å². The molecular formula is C15H19BrN4. The Hall–Kier alpha value is -1.62. The van der Waals surface area contributed by atoms with E-state index in [1.807, 2.05) is 6.92 Å². The van der Waals surface area contributed by atoms with E-state index < -0.39 is 0 Å². The van der Waals surface area contributed by atoms with Crippen LogP contribution in [0.25, 0.3) is 0 Å². The van der Waals surface area contributed by atoms with E-state index in [1.54, 1.807) is 6.33 Å². The van der Waals surface area contributed by atoms with Gasteiger partial charge in [-0.15, -0.1) is 0 Å². The van der Waals surface area contributed by atoms with Crippen LogP contribution in [0.3, 0.4) is 0 Å². The zero-order valence-corrected chi connectivity index (χ0v) is 13.5. The van der Waals surface area contributed by atoms with Gasteiger partial charge in [0.1, 0.15) is 22.4 Å². The Morgan fingerprint density at radius 2 is 1.90 bits per heavy atom. The number of rotatable bonds is 5. The molecule has 0 spiro atoms. The average molecular weight is 335 g/mol. The van der Waals surface area contributed by atoms with E-state index in [4.69, 9.17) is 0 Å². The van der Waals surface area contributed by atoms with Gasteiger partial charge in [-0.25, -0.2) is 9.97 Å². The lowest BCUT2D eigenvalue weighted by Crippen LogP contribution is -2.11. The topological polar surface area (TPSA) is 49.8 Å². The van der Waals surface area contributed by atoms with Crippen molar-refractivity contribution >= 4 is 27.6 Å². The minimum atomic E-state index is 0.178. The van der Waals surface area contributed by atoms with Crippen molar-refractivity contribution in [3.05, 3.63) is 46.2 Å². The highest BCUT2D eigenvalue weighted by Gasteiger charge is 2.13. The minimum absolute atomic E-state index is 0.178. The molecule has 20 heavy (non-hydrogen) atoms. The van der Waals surface area contributed by atoms with Gasteiger partial charge < -0.3 is 10.6 Å². The Balaban J connectivity index is 2.22. The van der Waals surface area contributed by atoms with E-state index >= 15 is 0 Å².